The summed E-state index contributed by atoms with van der Waals surface area (Å²) in [5, 5.41) is 4.04. The minimum Gasteiger partial charge on any atom is -0.378 e. The van der Waals surface area contributed by atoms with E-state index in [1.165, 1.54) is 0 Å². The third-order valence-corrected chi connectivity index (χ3v) is 5.73. The van der Waals surface area contributed by atoms with Crippen LogP contribution in [-0.2, 0) is 9.53 Å². The Kier molecular flexibility index (Phi) is 5.77. The number of hydrogen-bond donors (Lipinski definition) is 0. The minimum atomic E-state index is -0.391. The molecule has 0 radical (unpaired) electrons. The Balaban J connectivity index is 1.69. The van der Waals surface area contributed by atoms with Gasteiger partial charge in [0.15, 0.2) is 5.76 Å². The number of aryl methyl sites for hydroxylation is 1. The zero-order valence-electron chi connectivity index (χ0n) is 18.3. The fraction of sp³-hybridized carbons (Fsp3) is 0.636. The van der Waals surface area contributed by atoms with Gasteiger partial charge in [0.25, 0.3) is 0 Å². The molecule has 2 saturated heterocycles. The van der Waals surface area contributed by atoms with Crippen LogP contribution in [0, 0.1) is 12.3 Å². The van der Waals surface area contributed by atoms with Crippen molar-refractivity contribution in [1.29, 1.82) is 0 Å². The van der Waals surface area contributed by atoms with Gasteiger partial charge in [-0.25, -0.2) is 9.97 Å². The SMILES string of the molecule is Cc1cc(-c2cnc(N3CCOCC3)nc2[C@H]2CCCN(C(=O)C(C)(C)C)C2)on1. The monoisotopic (exact) mass is 413 g/mol. The summed E-state index contributed by atoms with van der Waals surface area (Å²) in [6.07, 6.45) is 3.78. The normalized spacial score (nSPS) is 20.5. The zero-order valence-corrected chi connectivity index (χ0v) is 18.3. The van der Waals surface area contributed by atoms with Gasteiger partial charge in [-0.05, 0) is 19.8 Å². The van der Waals surface area contributed by atoms with Crippen LogP contribution < -0.4 is 4.90 Å². The number of ether oxygens (including phenoxy) is 1. The highest BCUT2D eigenvalue weighted by Gasteiger charge is 2.33. The Morgan fingerprint density at radius 2 is 1.97 bits per heavy atom. The summed E-state index contributed by atoms with van der Waals surface area (Å²) in [6.45, 7) is 12.2. The van der Waals surface area contributed by atoms with Crippen molar-refractivity contribution in [2.45, 2.75) is 46.5 Å². The Morgan fingerprint density at radius 3 is 2.63 bits per heavy atom. The molecule has 2 aliphatic heterocycles. The second-order valence-electron chi connectivity index (χ2n) is 9.24. The summed E-state index contributed by atoms with van der Waals surface area (Å²) >= 11 is 0. The molecule has 4 heterocycles. The van der Waals surface area contributed by atoms with Crippen molar-refractivity contribution in [2.24, 2.45) is 5.41 Å². The molecular formula is C22H31N5O3. The fourth-order valence-electron chi connectivity index (χ4n) is 4.15. The molecular weight excluding hydrogens is 382 g/mol. The first-order chi connectivity index (χ1) is 14.3. The average Bonchev–Trinajstić information content (AvgIpc) is 3.19. The van der Waals surface area contributed by atoms with Gasteiger partial charge in [0, 0.05) is 49.8 Å². The Morgan fingerprint density at radius 1 is 1.20 bits per heavy atom. The number of morpholine rings is 1. The standard InChI is InChI=1S/C22H31N5O3/c1-15-12-18(30-25-15)17-13-23-21(26-8-10-29-11-9-26)24-19(17)16-6-5-7-27(14-16)20(28)22(2,3)4/h12-13,16H,5-11,14H2,1-4H3/t16-/m0/s1. The van der Waals surface area contributed by atoms with E-state index < -0.39 is 5.41 Å². The molecule has 8 nitrogen and oxygen atoms in total. The molecule has 0 spiro atoms. The molecule has 4 rings (SSSR count). The lowest BCUT2D eigenvalue weighted by Gasteiger charge is -2.37. The molecule has 0 unspecified atom stereocenters. The topological polar surface area (TPSA) is 84.6 Å². The van der Waals surface area contributed by atoms with E-state index in [9.17, 15) is 4.79 Å². The first-order valence-electron chi connectivity index (χ1n) is 10.8. The number of likely N-dealkylation sites (tertiary alicyclic amines) is 1. The second kappa shape index (κ2) is 8.34. The predicted molar refractivity (Wildman–Crippen MR) is 113 cm³/mol. The Hall–Kier alpha value is -2.48. The number of carbonyl (C=O) groups excluding carboxylic acids is 1. The quantitative estimate of drug-likeness (QED) is 0.765. The van der Waals surface area contributed by atoms with E-state index in [0.717, 1.165) is 49.4 Å². The van der Waals surface area contributed by atoms with E-state index >= 15 is 0 Å². The van der Waals surface area contributed by atoms with E-state index in [4.69, 9.17) is 14.2 Å². The number of aromatic nitrogens is 3. The van der Waals surface area contributed by atoms with Crippen LogP contribution in [0.2, 0.25) is 0 Å². The van der Waals surface area contributed by atoms with Crippen LogP contribution in [0.4, 0.5) is 5.95 Å². The van der Waals surface area contributed by atoms with Gasteiger partial charge in [-0.2, -0.15) is 0 Å². The van der Waals surface area contributed by atoms with Crippen molar-refractivity contribution in [2.75, 3.05) is 44.3 Å². The van der Waals surface area contributed by atoms with Crippen LogP contribution in [0.15, 0.2) is 16.8 Å². The molecule has 30 heavy (non-hydrogen) atoms. The van der Waals surface area contributed by atoms with Gasteiger partial charge in [0.05, 0.1) is 30.2 Å². The number of rotatable bonds is 3. The second-order valence-corrected chi connectivity index (χ2v) is 9.24. The lowest BCUT2D eigenvalue weighted by molar-refractivity contribution is -0.140. The Labute approximate surface area is 177 Å². The molecule has 0 aliphatic carbocycles. The van der Waals surface area contributed by atoms with Gasteiger partial charge in [-0.15, -0.1) is 0 Å². The maximum Gasteiger partial charge on any atom is 0.227 e. The van der Waals surface area contributed by atoms with Gasteiger partial charge in [-0.1, -0.05) is 25.9 Å². The highest BCUT2D eigenvalue weighted by Crippen LogP contribution is 2.35. The van der Waals surface area contributed by atoms with E-state index in [1.54, 1.807) is 0 Å². The van der Waals surface area contributed by atoms with Crippen LogP contribution in [0.3, 0.4) is 0 Å². The van der Waals surface area contributed by atoms with Crippen molar-refractivity contribution in [1.82, 2.24) is 20.0 Å². The summed E-state index contributed by atoms with van der Waals surface area (Å²) in [7, 11) is 0. The molecule has 0 aromatic carbocycles. The van der Waals surface area contributed by atoms with Crippen molar-refractivity contribution in [3.8, 4) is 11.3 Å². The molecule has 0 N–H and O–H groups in total. The summed E-state index contributed by atoms with van der Waals surface area (Å²) in [6, 6.07) is 1.91. The van der Waals surface area contributed by atoms with Gasteiger partial charge >= 0.3 is 0 Å². The molecule has 0 bridgehead atoms. The van der Waals surface area contributed by atoms with Crippen LogP contribution in [0.25, 0.3) is 11.3 Å². The zero-order chi connectivity index (χ0) is 21.3. The maximum atomic E-state index is 12.9. The highest BCUT2D eigenvalue weighted by molar-refractivity contribution is 5.81. The molecule has 0 saturated carbocycles. The summed E-state index contributed by atoms with van der Waals surface area (Å²) in [5.41, 5.74) is 2.23. The minimum absolute atomic E-state index is 0.133. The number of nitrogens with zero attached hydrogens (tertiary/aromatic N) is 5. The van der Waals surface area contributed by atoms with Crippen LogP contribution in [0.5, 0.6) is 0 Å². The molecule has 162 valence electrons. The molecule has 2 aromatic rings. The van der Waals surface area contributed by atoms with E-state index in [-0.39, 0.29) is 11.8 Å². The number of anilines is 1. The van der Waals surface area contributed by atoms with E-state index in [2.05, 4.69) is 15.0 Å². The highest BCUT2D eigenvalue weighted by atomic mass is 16.5. The third kappa shape index (κ3) is 4.33. The molecule has 1 amide bonds. The average molecular weight is 414 g/mol. The molecule has 1 atom stereocenters. The maximum absolute atomic E-state index is 12.9. The van der Waals surface area contributed by atoms with Crippen LogP contribution >= 0.6 is 0 Å². The lowest BCUT2D eigenvalue weighted by atomic mass is 9.88. The largest absolute Gasteiger partial charge is 0.378 e. The number of carbonyl (C=O) groups is 1. The summed E-state index contributed by atoms with van der Waals surface area (Å²) in [5.74, 6) is 1.71. The summed E-state index contributed by atoms with van der Waals surface area (Å²) in [4.78, 5) is 26.7. The smallest absolute Gasteiger partial charge is 0.227 e. The third-order valence-electron chi connectivity index (χ3n) is 5.73. The molecule has 2 aromatic heterocycles. The first kappa shape index (κ1) is 20.8. The van der Waals surface area contributed by atoms with Crippen molar-refractivity contribution < 1.29 is 14.1 Å². The van der Waals surface area contributed by atoms with Gasteiger partial charge in [0.1, 0.15) is 0 Å². The van der Waals surface area contributed by atoms with E-state index in [1.807, 2.05) is 44.9 Å². The number of hydrogen-bond acceptors (Lipinski definition) is 7. The summed E-state index contributed by atoms with van der Waals surface area (Å²) < 4.78 is 11.0. The molecule has 2 fully saturated rings. The van der Waals surface area contributed by atoms with Crippen LogP contribution in [0.1, 0.15) is 50.9 Å². The molecule has 8 heteroatoms. The van der Waals surface area contributed by atoms with Crippen molar-refractivity contribution in [3.63, 3.8) is 0 Å². The number of amides is 1. The van der Waals surface area contributed by atoms with Gasteiger partial charge in [-0.3, -0.25) is 4.79 Å². The fourth-order valence-corrected chi connectivity index (χ4v) is 4.15. The van der Waals surface area contributed by atoms with E-state index in [0.29, 0.717) is 31.5 Å². The van der Waals surface area contributed by atoms with Crippen molar-refractivity contribution in [3.05, 3.63) is 23.7 Å². The first-order valence-corrected chi connectivity index (χ1v) is 10.8. The predicted octanol–water partition coefficient (Wildman–Crippen LogP) is 3.03. The van der Waals surface area contributed by atoms with Gasteiger partial charge < -0.3 is 19.1 Å². The van der Waals surface area contributed by atoms with Gasteiger partial charge in [0.2, 0.25) is 11.9 Å². The lowest BCUT2D eigenvalue weighted by Crippen LogP contribution is -2.45. The Bertz CT molecular complexity index is 898. The molecule has 2 aliphatic rings. The van der Waals surface area contributed by atoms with Crippen molar-refractivity contribution >= 4 is 11.9 Å². The van der Waals surface area contributed by atoms with Crippen LogP contribution in [-0.4, -0.2) is 65.3 Å². The number of piperidine rings is 1.